The second-order valence-electron chi connectivity index (χ2n) is 8.73. The van der Waals surface area contributed by atoms with Crippen molar-refractivity contribution in [1.82, 2.24) is 14.8 Å². The van der Waals surface area contributed by atoms with Gasteiger partial charge < -0.3 is 19.2 Å². The number of nitrogens with zero attached hydrogens (tertiary/aromatic N) is 2. The third-order valence-electron chi connectivity index (χ3n) is 5.23. The monoisotopic (exact) mass is 405 g/mol. The van der Waals surface area contributed by atoms with Crippen LogP contribution < -0.4 is 5.32 Å². The van der Waals surface area contributed by atoms with E-state index in [9.17, 15) is 9.59 Å². The summed E-state index contributed by atoms with van der Waals surface area (Å²) in [4.78, 5) is 28.6. The van der Waals surface area contributed by atoms with Gasteiger partial charge in [-0.05, 0) is 50.6 Å². The molecule has 1 aromatic carbocycles. The summed E-state index contributed by atoms with van der Waals surface area (Å²) in [6.45, 7) is 6.04. The van der Waals surface area contributed by atoms with Crippen molar-refractivity contribution in [2.75, 3.05) is 0 Å². The van der Waals surface area contributed by atoms with Crippen molar-refractivity contribution in [1.29, 1.82) is 0 Å². The maximum absolute atomic E-state index is 13.7. The summed E-state index contributed by atoms with van der Waals surface area (Å²) < 4.78 is 7.45. The van der Waals surface area contributed by atoms with Gasteiger partial charge in [0.1, 0.15) is 11.8 Å². The van der Waals surface area contributed by atoms with Crippen LogP contribution >= 0.6 is 0 Å². The minimum absolute atomic E-state index is 0.0898. The van der Waals surface area contributed by atoms with Crippen LogP contribution in [-0.2, 0) is 22.6 Å². The molecule has 0 aliphatic carbocycles. The molecule has 0 fully saturated rings. The van der Waals surface area contributed by atoms with E-state index in [1.165, 1.54) is 0 Å². The molecule has 0 spiro atoms. The largest absolute Gasteiger partial charge is 0.467 e. The van der Waals surface area contributed by atoms with E-state index in [1.54, 1.807) is 17.2 Å². The molecule has 2 aromatic heterocycles. The molecule has 3 aromatic rings. The first kappa shape index (κ1) is 20.0. The van der Waals surface area contributed by atoms with Gasteiger partial charge in [0.25, 0.3) is 0 Å². The van der Waals surface area contributed by atoms with E-state index in [-0.39, 0.29) is 18.4 Å². The predicted molar refractivity (Wildman–Crippen MR) is 114 cm³/mol. The van der Waals surface area contributed by atoms with Crippen LogP contribution in [0.1, 0.15) is 49.9 Å². The zero-order chi connectivity index (χ0) is 21.3. The summed E-state index contributed by atoms with van der Waals surface area (Å²) in [6, 6.07) is 16.2. The van der Waals surface area contributed by atoms with Gasteiger partial charge in [-0.25, -0.2) is 0 Å². The van der Waals surface area contributed by atoms with Gasteiger partial charge in [0.15, 0.2) is 6.04 Å². The quantitative estimate of drug-likeness (QED) is 0.701. The molecule has 0 saturated heterocycles. The molecule has 156 valence electrons. The van der Waals surface area contributed by atoms with Gasteiger partial charge in [-0.2, -0.15) is 0 Å². The fourth-order valence-corrected chi connectivity index (χ4v) is 4.00. The maximum atomic E-state index is 13.7. The second-order valence-corrected chi connectivity index (χ2v) is 8.73. The van der Waals surface area contributed by atoms with Gasteiger partial charge in [-0.1, -0.05) is 30.3 Å². The normalized spacial score (nSPS) is 18.9. The number of hydrogen-bond acceptors (Lipinski definition) is 3. The molecule has 6 heteroatoms. The van der Waals surface area contributed by atoms with Gasteiger partial charge in [0, 0.05) is 18.2 Å². The maximum Gasteiger partial charge on any atom is 0.249 e. The smallest absolute Gasteiger partial charge is 0.249 e. The third kappa shape index (κ3) is 4.03. The molecular formula is C24H27N3O3. The van der Waals surface area contributed by atoms with Gasteiger partial charge >= 0.3 is 0 Å². The minimum atomic E-state index is -0.719. The Morgan fingerprint density at radius 3 is 2.50 bits per heavy atom. The molecule has 1 aliphatic heterocycles. The number of carbonyl (C=O) groups excluding carboxylic acids is 2. The zero-order valence-electron chi connectivity index (χ0n) is 17.5. The summed E-state index contributed by atoms with van der Waals surface area (Å²) in [5, 5.41) is 3.04. The van der Waals surface area contributed by atoms with E-state index in [0.29, 0.717) is 12.2 Å². The van der Waals surface area contributed by atoms with Crippen molar-refractivity contribution in [3.63, 3.8) is 0 Å². The number of hydrogen-bond donors (Lipinski definition) is 1. The lowest BCUT2D eigenvalue weighted by atomic mass is 9.97. The van der Waals surface area contributed by atoms with E-state index >= 15 is 0 Å². The number of nitrogens with one attached hydrogen (secondary N) is 1. The molecule has 0 unspecified atom stereocenters. The second kappa shape index (κ2) is 7.86. The highest BCUT2D eigenvalue weighted by atomic mass is 16.3. The summed E-state index contributed by atoms with van der Waals surface area (Å²) >= 11 is 0. The van der Waals surface area contributed by atoms with Crippen LogP contribution in [0, 0.1) is 0 Å². The molecule has 2 amide bonds. The summed E-state index contributed by atoms with van der Waals surface area (Å²) in [5.74, 6) is 0.365. The lowest BCUT2D eigenvalue weighted by molar-refractivity contribution is -0.148. The van der Waals surface area contributed by atoms with E-state index in [2.05, 4.69) is 5.32 Å². The Bertz CT molecular complexity index is 1020. The number of aromatic nitrogens is 1. The lowest BCUT2D eigenvalue weighted by Gasteiger charge is -2.40. The highest BCUT2D eigenvalue weighted by Gasteiger charge is 2.43. The molecule has 0 saturated carbocycles. The van der Waals surface area contributed by atoms with Gasteiger partial charge in [0.05, 0.1) is 18.5 Å². The predicted octanol–water partition coefficient (Wildman–Crippen LogP) is 3.86. The van der Waals surface area contributed by atoms with Crippen LogP contribution in [0.5, 0.6) is 0 Å². The van der Waals surface area contributed by atoms with Gasteiger partial charge in [-0.3, -0.25) is 9.59 Å². The molecule has 0 radical (unpaired) electrons. The van der Waals surface area contributed by atoms with Crippen LogP contribution in [0.15, 0.2) is 71.5 Å². The van der Waals surface area contributed by atoms with Gasteiger partial charge in [0.2, 0.25) is 11.8 Å². The van der Waals surface area contributed by atoms with Gasteiger partial charge in [-0.15, -0.1) is 0 Å². The molecule has 0 bridgehead atoms. The lowest BCUT2D eigenvalue weighted by Crippen LogP contribution is -2.53. The number of fused-ring (bicyclic) bond motifs is 1. The SMILES string of the molecule is CC(C)(C)NC(=O)[C@H]1c2cccn2[C@@H](Cc2ccccc2)C(=O)N1Cc1ccco1. The standard InChI is InChI=1S/C24H27N3O3/c1-24(2,3)25-22(28)21-19-12-7-13-26(19)20(15-17-9-5-4-6-10-17)23(29)27(21)16-18-11-8-14-30-18/h4-14,20-21H,15-16H2,1-3H3,(H,25,28)/t20-,21+/m0/s1. The van der Waals surface area contributed by atoms with Crippen molar-refractivity contribution >= 4 is 11.8 Å². The molecule has 1 aliphatic rings. The van der Waals surface area contributed by atoms with Crippen molar-refractivity contribution in [3.05, 3.63) is 84.1 Å². The number of benzene rings is 1. The average molecular weight is 405 g/mol. The molecular weight excluding hydrogens is 378 g/mol. The molecule has 6 nitrogen and oxygen atoms in total. The Kier molecular flexibility index (Phi) is 5.24. The number of rotatable bonds is 5. The first-order valence-corrected chi connectivity index (χ1v) is 10.2. The molecule has 30 heavy (non-hydrogen) atoms. The Morgan fingerprint density at radius 2 is 1.83 bits per heavy atom. The Labute approximate surface area is 176 Å². The van der Waals surface area contributed by atoms with Crippen LogP contribution in [0.3, 0.4) is 0 Å². The van der Waals surface area contributed by atoms with Crippen molar-refractivity contribution in [2.24, 2.45) is 0 Å². The Morgan fingerprint density at radius 1 is 1.07 bits per heavy atom. The first-order valence-electron chi connectivity index (χ1n) is 10.2. The first-order chi connectivity index (χ1) is 14.3. The number of carbonyl (C=O) groups is 2. The Hall–Kier alpha value is -3.28. The van der Waals surface area contributed by atoms with Crippen LogP contribution in [0.25, 0.3) is 0 Å². The fraction of sp³-hybridized carbons (Fsp3) is 0.333. The fourth-order valence-electron chi connectivity index (χ4n) is 4.00. The van der Waals surface area contributed by atoms with Crippen LogP contribution in [0.4, 0.5) is 0 Å². The van der Waals surface area contributed by atoms with E-state index in [0.717, 1.165) is 11.3 Å². The summed E-state index contributed by atoms with van der Waals surface area (Å²) in [5.41, 5.74) is 1.48. The number of amides is 2. The average Bonchev–Trinajstić information content (AvgIpc) is 3.36. The molecule has 4 rings (SSSR count). The number of furan rings is 1. The highest BCUT2D eigenvalue weighted by molar-refractivity contribution is 5.92. The molecule has 2 atom stereocenters. The molecule has 3 heterocycles. The Balaban J connectivity index is 1.74. The minimum Gasteiger partial charge on any atom is -0.467 e. The van der Waals surface area contributed by atoms with E-state index in [1.807, 2.05) is 80.1 Å². The van der Waals surface area contributed by atoms with E-state index < -0.39 is 17.6 Å². The molecule has 1 N–H and O–H groups in total. The van der Waals surface area contributed by atoms with Crippen molar-refractivity contribution < 1.29 is 14.0 Å². The van der Waals surface area contributed by atoms with Crippen molar-refractivity contribution in [2.45, 2.75) is 51.4 Å². The third-order valence-corrected chi connectivity index (χ3v) is 5.23. The topological polar surface area (TPSA) is 67.5 Å². The van der Waals surface area contributed by atoms with Crippen LogP contribution in [-0.4, -0.2) is 26.8 Å². The highest BCUT2D eigenvalue weighted by Crippen LogP contribution is 2.35. The summed E-state index contributed by atoms with van der Waals surface area (Å²) in [6.07, 6.45) is 4.03. The van der Waals surface area contributed by atoms with Crippen molar-refractivity contribution in [3.8, 4) is 0 Å². The zero-order valence-corrected chi connectivity index (χ0v) is 17.5. The van der Waals surface area contributed by atoms with Crippen LogP contribution in [0.2, 0.25) is 0 Å². The summed E-state index contributed by atoms with van der Waals surface area (Å²) in [7, 11) is 0. The van der Waals surface area contributed by atoms with E-state index in [4.69, 9.17) is 4.42 Å².